The first-order valence-corrected chi connectivity index (χ1v) is 6.10. The Hall–Kier alpha value is -1.39. The van der Waals surface area contributed by atoms with E-state index < -0.39 is 0 Å². The fraction of sp³-hybridized carbons (Fsp3) is 0.133. The Morgan fingerprint density at radius 2 is 1.75 bits per heavy atom. The normalized spacial score (nSPS) is 10.2. The van der Waals surface area contributed by atoms with Crippen LogP contribution < -0.4 is 0 Å². The molecule has 5 heteroatoms. The van der Waals surface area contributed by atoms with Crippen molar-refractivity contribution in [2.24, 2.45) is 0 Å². The third-order valence-corrected chi connectivity index (χ3v) is 3.13. The average Bonchev–Trinajstić information content (AvgIpc) is 2.43. The van der Waals surface area contributed by atoms with Crippen LogP contribution in [0, 0.1) is 6.92 Å². The number of pyridine rings is 1. The van der Waals surface area contributed by atoms with Crippen molar-refractivity contribution in [2.45, 2.75) is 13.3 Å². The van der Waals surface area contributed by atoms with Gasteiger partial charge in [0.05, 0.1) is 5.69 Å². The summed E-state index contributed by atoms with van der Waals surface area (Å²) in [6, 6.07) is 9.99. The number of nitrogens with zero attached hydrogens (tertiary/aromatic N) is 3. The topological polar surface area (TPSA) is 62.5 Å². The van der Waals surface area contributed by atoms with E-state index in [0.717, 1.165) is 27.6 Å². The summed E-state index contributed by atoms with van der Waals surface area (Å²) in [6.07, 6.45) is 4.25. The molecule has 0 bridgehead atoms. The summed E-state index contributed by atoms with van der Waals surface area (Å²) in [6.45, 7) is 2.02. The Bertz CT molecular complexity index is 729. The largest absolute Gasteiger partial charge is 3.00 e. The van der Waals surface area contributed by atoms with Crippen LogP contribution in [0.25, 0.3) is 16.5 Å². The Kier molecular flexibility index (Phi) is 4.79. The minimum Gasteiger partial charge on any atom is -0.480 e. The molecule has 20 heavy (non-hydrogen) atoms. The second-order valence-electron chi connectivity index (χ2n) is 4.58. The second-order valence-corrected chi connectivity index (χ2v) is 4.58. The summed E-state index contributed by atoms with van der Waals surface area (Å²) < 4.78 is 0. The maximum Gasteiger partial charge on any atom is 3.00 e. The molecule has 0 amide bonds. The molecule has 4 nitrogen and oxygen atoms in total. The summed E-state index contributed by atoms with van der Waals surface area (Å²) in [5, 5.41) is 9.98. The van der Waals surface area contributed by atoms with Crippen molar-refractivity contribution in [1.82, 2.24) is 15.2 Å². The average molecular weight is 338 g/mol. The maximum absolute atomic E-state index is 7.85. The number of benzene rings is 1. The molecule has 0 aliphatic heterocycles. The van der Waals surface area contributed by atoms with Gasteiger partial charge in [-0.05, 0) is 35.8 Å². The zero-order chi connectivity index (χ0) is 13.2. The number of hydrogen-bond donors (Lipinski definition) is 0. The fourth-order valence-electron chi connectivity index (χ4n) is 2.15. The van der Waals surface area contributed by atoms with Gasteiger partial charge in [0.15, 0.2) is 0 Å². The van der Waals surface area contributed by atoms with Crippen molar-refractivity contribution in [3.63, 3.8) is 0 Å². The maximum atomic E-state index is 7.85. The smallest absolute Gasteiger partial charge is 0.480 e. The number of fused-ring (bicyclic) bond motifs is 1. The van der Waals surface area contributed by atoms with E-state index in [-0.39, 0.29) is 38.5 Å². The Balaban J connectivity index is 0.00000147. The zero-order valence-corrected chi connectivity index (χ0v) is 14.0. The molecule has 1 aromatic carbocycles. The number of aromatic nitrogens is 3. The van der Waals surface area contributed by atoms with Gasteiger partial charge in [-0.2, -0.15) is 0 Å². The summed E-state index contributed by atoms with van der Waals surface area (Å²) >= 11 is 0. The molecule has 1 N–H and O–H groups in total. The van der Waals surface area contributed by atoms with Crippen LogP contribution in [0.2, 0.25) is 0 Å². The van der Waals surface area contributed by atoms with Crippen molar-refractivity contribution in [2.75, 3.05) is 0 Å². The first kappa shape index (κ1) is 15.0. The summed E-state index contributed by atoms with van der Waals surface area (Å²) in [4.78, 5) is 4.01. The molecular formula is C15H13N4Y+2. The molecule has 94 valence electrons. The fourth-order valence-corrected chi connectivity index (χ4v) is 2.15. The van der Waals surface area contributed by atoms with E-state index in [1.54, 1.807) is 12.4 Å². The van der Waals surface area contributed by atoms with E-state index in [4.69, 9.17) is 5.73 Å². The van der Waals surface area contributed by atoms with Gasteiger partial charge in [0.2, 0.25) is 0 Å². The zero-order valence-electron chi connectivity index (χ0n) is 11.2. The van der Waals surface area contributed by atoms with Crippen LogP contribution in [0.15, 0.2) is 42.7 Å². The van der Waals surface area contributed by atoms with Gasteiger partial charge in [-0.1, -0.05) is 23.8 Å². The molecule has 0 unspecified atom stereocenters. The SMILES string of the molecule is Cc1ccc2c(Cc3ccncc3)nnc([NH-])c2c1.[Y+3]. The molecular weight excluding hydrogens is 325 g/mol. The monoisotopic (exact) mass is 338 g/mol. The molecule has 0 saturated carbocycles. The summed E-state index contributed by atoms with van der Waals surface area (Å²) in [5.74, 6) is 0.233. The number of nitrogens with one attached hydrogen (secondary N) is 1. The van der Waals surface area contributed by atoms with E-state index >= 15 is 0 Å². The predicted molar refractivity (Wildman–Crippen MR) is 75.3 cm³/mol. The Labute approximate surface area is 142 Å². The molecule has 0 atom stereocenters. The number of rotatable bonds is 2. The van der Waals surface area contributed by atoms with E-state index in [0.29, 0.717) is 6.42 Å². The number of hydrogen-bond acceptors (Lipinski definition) is 3. The van der Waals surface area contributed by atoms with Gasteiger partial charge in [-0.15, -0.1) is 0 Å². The van der Waals surface area contributed by atoms with Crippen molar-refractivity contribution >= 4 is 16.6 Å². The molecule has 0 fully saturated rings. The Morgan fingerprint density at radius 1 is 1.00 bits per heavy atom. The van der Waals surface area contributed by atoms with Gasteiger partial charge in [-0.25, -0.2) is 0 Å². The quantitative estimate of drug-likeness (QED) is 0.717. The van der Waals surface area contributed by atoms with Gasteiger partial charge < -0.3 is 10.8 Å². The van der Waals surface area contributed by atoms with Gasteiger partial charge in [0.25, 0.3) is 0 Å². The minimum absolute atomic E-state index is 0. The third-order valence-electron chi connectivity index (χ3n) is 3.13. The Morgan fingerprint density at radius 3 is 2.50 bits per heavy atom. The van der Waals surface area contributed by atoms with Crippen LogP contribution in [0.3, 0.4) is 0 Å². The van der Waals surface area contributed by atoms with E-state index in [9.17, 15) is 0 Å². The first-order valence-electron chi connectivity index (χ1n) is 6.10. The number of aryl methyl sites for hydroxylation is 1. The predicted octanol–water partition coefficient (Wildman–Crippen LogP) is 3.61. The molecule has 3 aromatic rings. The van der Waals surface area contributed by atoms with Crippen molar-refractivity contribution in [3.8, 4) is 0 Å². The molecule has 2 heterocycles. The van der Waals surface area contributed by atoms with Gasteiger partial charge in [0, 0.05) is 24.2 Å². The third kappa shape index (κ3) is 3.02. The minimum atomic E-state index is 0. The first-order chi connectivity index (χ1) is 9.24. The summed E-state index contributed by atoms with van der Waals surface area (Å²) in [7, 11) is 0. The van der Waals surface area contributed by atoms with Crippen LogP contribution >= 0.6 is 0 Å². The van der Waals surface area contributed by atoms with Crippen LogP contribution in [0.4, 0.5) is 5.82 Å². The van der Waals surface area contributed by atoms with Crippen LogP contribution in [0.5, 0.6) is 0 Å². The van der Waals surface area contributed by atoms with E-state index in [2.05, 4.69) is 15.2 Å². The van der Waals surface area contributed by atoms with Crippen molar-refractivity contribution in [3.05, 3.63) is 65.3 Å². The molecule has 2 aromatic heterocycles. The molecule has 3 rings (SSSR count). The van der Waals surface area contributed by atoms with Crippen LogP contribution in [0.1, 0.15) is 16.8 Å². The van der Waals surface area contributed by atoms with E-state index in [1.807, 2.05) is 37.3 Å². The van der Waals surface area contributed by atoms with Crippen LogP contribution in [-0.4, -0.2) is 15.2 Å². The van der Waals surface area contributed by atoms with Crippen molar-refractivity contribution in [1.29, 1.82) is 0 Å². The molecule has 0 aliphatic rings. The molecule has 0 spiro atoms. The van der Waals surface area contributed by atoms with Gasteiger partial charge >= 0.3 is 32.7 Å². The van der Waals surface area contributed by atoms with Gasteiger partial charge in [-0.3, -0.25) is 10.1 Å². The summed E-state index contributed by atoms with van der Waals surface area (Å²) in [5.41, 5.74) is 11.0. The molecule has 0 radical (unpaired) electrons. The second kappa shape index (κ2) is 6.38. The van der Waals surface area contributed by atoms with Crippen LogP contribution in [-0.2, 0) is 39.1 Å². The molecule has 0 aliphatic carbocycles. The molecule has 0 saturated heterocycles. The standard InChI is InChI=1S/C15H13N4.Y/c1-10-2-3-12-13(8-10)15(16)19-18-14(12)9-11-4-6-17-7-5-11;/h2-8H,9H2,1H3,(H-,16,19);/q-1;+3. The van der Waals surface area contributed by atoms with Crippen molar-refractivity contribution < 1.29 is 32.7 Å². The van der Waals surface area contributed by atoms with E-state index in [1.165, 1.54) is 0 Å². The van der Waals surface area contributed by atoms with Gasteiger partial charge in [0.1, 0.15) is 0 Å².